The molecule has 0 aliphatic carbocycles. The van der Waals surface area contributed by atoms with Gasteiger partial charge in [-0.25, -0.2) is 4.79 Å². The van der Waals surface area contributed by atoms with Gasteiger partial charge < -0.3 is 8.85 Å². The van der Waals surface area contributed by atoms with Gasteiger partial charge in [-0.3, -0.25) is 0 Å². The van der Waals surface area contributed by atoms with Gasteiger partial charge in [-0.2, -0.15) is 0 Å². The smallest absolute Gasteiger partial charge is 0.333 e. The molecule has 0 saturated carbocycles. The van der Waals surface area contributed by atoms with E-state index in [-0.39, 0.29) is 5.97 Å². The number of esters is 1. The fourth-order valence-electron chi connectivity index (χ4n) is 3.77. The normalized spacial score (nSPS) is 13.4. The summed E-state index contributed by atoms with van der Waals surface area (Å²) in [6.07, 6.45) is 5.09. The average molecular weight is 435 g/mol. The average Bonchev–Trinajstić information content (AvgIpc) is 2.45. The summed E-state index contributed by atoms with van der Waals surface area (Å²) in [5.74, 6) is -0.281. The second-order valence-electron chi connectivity index (χ2n) is 9.54. The number of carbonyl (C=O) groups excluding carboxylic acids is 1. The molecular weight excluding hydrogens is 391 g/mol. The van der Waals surface area contributed by atoms with Gasteiger partial charge in [0.25, 0.3) is 0 Å². The maximum atomic E-state index is 11.5. The van der Waals surface area contributed by atoms with Crippen molar-refractivity contribution in [1.29, 1.82) is 0 Å². The van der Waals surface area contributed by atoms with Crippen LogP contribution < -0.4 is 0 Å². The molecule has 0 aromatic heterocycles. The number of hydrogen-bond donors (Lipinski definition) is 0. The van der Waals surface area contributed by atoms with Gasteiger partial charge in [-0.15, -0.1) is 8.58 Å². The molecule has 0 aliphatic heterocycles. The summed E-state index contributed by atoms with van der Waals surface area (Å²) in [5, 5.41) is 0. The van der Waals surface area contributed by atoms with E-state index in [4.69, 9.17) is 8.85 Å². The van der Waals surface area contributed by atoms with E-state index in [1.54, 1.807) is 6.92 Å². The van der Waals surface area contributed by atoms with Crippen molar-refractivity contribution in [2.24, 2.45) is 0 Å². The Balaban J connectivity index is 4.37. The third-order valence-corrected chi connectivity index (χ3v) is 20.3. The summed E-state index contributed by atoms with van der Waals surface area (Å²) in [6, 6.07) is 2.49. The molecule has 0 rings (SSSR count). The fourth-order valence-corrected chi connectivity index (χ4v) is 23.8. The third kappa shape index (κ3) is 13.4. The predicted molar refractivity (Wildman–Crippen MR) is 127 cm³/mol. The molecule has 7 heteroatoms. The van der Waals surface area contributed by atoms with E-state index in [0.717, 1.165) is 21.0 Å². The molecule has 0 N–H and O–H groups in total. The second kappa shape index (κ2) is 12.0. The van der Waals surface area contributed by atoms with Gasteiger partial charge in [-0.1, -0.05) is 32.1 Å². The van der Waals surface area contributed by atoms with Gasteiger partial charge in [0.1, 0.15) is 0 Å². The third-order valence-electron chi connectivity index (χ3n) is 4.49. The molecule has 0 heterocycles. The highest BCUT2D eigenvalue weighted by atomic mass is 31.1. The standard InChI is InChI=1S/C19H43O3PSi3/c1-18(2)19(20)21-13-12-16-25(6,7)22-26(8,9)17-24(4,5)15-11-10-14-23-3/h23H,1,10-17H2,2-9H3. The Morgan fingerprint density at radius 1 is 0.962 bits per heavy atom. The van der Waals surface area contributed by atoms with Crippen LogP contribution in [0.1, 0.15) is 26.2 Å². The molecule has 1 atom stereocenters. The van der Waals surface area contributed by atoms with Crippen LogP contribution in [0.25, 0.3) is 0 Å². The molecule has 0 saturated heterocycles. The summed E-state index contributed by atoms with van der Waals surface area (Å²) in [5.41, 5.74) is 1.83. The van der Waals surface area contributed by atoms with Crippen molar-refractivity contribution < 1.29 is 13.6 Å². The minimum Gasteiger partial charge on any atom is -0.462 e. The number of ether oxygens (including phenoxy) is 1. The first-order valence-corrected chi connectivity index (χ1v) is 21.3. The zero-order valence-corrected chi connectivity index (χ0v) is 22.6. The Kier molecular flexibility index (Phi) is 12.1. The first-order chi connectivity index (χ1) is 11.8. The Hall–Kier alpha value is 0.251. The molecule has 26 heavy (non-hydrogen) atoms. The number of carbonyl (C=O) groups is 1. The number of unbranched alkanes of at least 4 members (excludes halogenated alkanes) is 1. The highest BCUT2D eigenvalue weighted by Gasteiger charge is 2.37. The van der Waals surface area contributed by atoms with Gasteiger partial charge in [0, 0.05) is 13.6 Å². The summed E-state index contributed by atoms with van der Waals surface area (Å²) in [7, 11) is -3.42. The van der Waals surface area contributed by atoms with Crippen molar-refractivity contribution in [1.82, 2.24) is 0 Å². The van der Waals surface area contributed by atoms with E-state index in [2.05, 4.69) is 52.5 Å². The molecule has 0 bridgehead atoms. The van der Waals surface area contributed by atoms with E-state index < -0.39 is 24.7 Å². The Morgan fingerprint density at radius 3 is 2.12 bits per heavy atom. The molecule has 0 aromatic carbocycles. The van der Waals surface area contributed by atoms with Crippen LogP contribution in [-0.2, 0) is 13.6 Å². The van der Waals surface area contributed by atoms with E-state index in [1.165, 1.54) is 30.7 Å². The quantitative estimate of drug-likeness (QED) is 0.106. The number of rotatable bonds is 14. The highest BCUT2D eigenvalue weighted by molar-refractivity contribution is 7.36. The monoisotopic (exact) mass is 434 g/mol. The minimum atomic E-state index is -1.71. The molecular formula is C19H43O3PSi3. The van der Waals surface area contributed by atoms with Crippen molar-refractivity contribution in [3.63, 3.8) is 0 Å². The van der Waals surface area contributed by atoms with Crippen LogP contribution in [0, 0.1) is 0 Å². The van der Waals surface area contributed by atoms with Crippen LogP contribution in [0.2, 0.25) is 57.0 Å². The maximum absolute atomic E-state index is 11.5. The highest BCUT2D eigenvalue weighted by Crippen LogP contribution is 2.30. The Morgan fingerprint density at radius 2 is 1.58 bits per heavy atom. The van der Waals surface area contributed by atoms with Crippen LogP contribution in [-0.4, -0.2) is 50.1 Å². The van der Waals surface area contributed by atoms with E-state index >= 15 is 0 Å². The van der Waals surface area contributed by atoms with Crippen molar-refractivity contribution in [2.75, 3.05) is 19.4 Å². The lowest BCUT2D eigenvalue weighted by Crippen LogP contribution is -2.49. The lowest BCUT2D eigenvalue weighted by atomic mass is 10.4. The zero-order valence-electron chi connectivity index (χ0n) is 18.6. The van der Waals surface area contributed by atoms with Crippen molar-refractivity contribution in [3.8, 4) is 0 Å². The predicted octanol–water partition coefficient (Wildman–Crippen LogP) is 6.26. The zero-order chi connectivity index (χ0) is 20.4. The molecule has 0 fully saturated rings. The van der Waals surface area contributed by atoms with E-state index in [9.17, 15) is 4.79 Å². The van der Waals surface area contributed by atoms with Gasteiger partial charge in [-0.05, 0) is 70.5 Å². The van der Waals surface area contributed by atoms with Crippen LogP contribution in [0.3, 0.4) is 0 Å². The van der Waals surface area contributed by atoms with Crippen molar-refractivity contribution >= 4 is 39.3 Å². The molecule has 3 nitrogen and oxygen atoms in total. The van der Waals surface area contributed by atoms with E-state index in [0.29, 0.717) is 12.2 Å². The summed E-state index contributed by atoms with van der Waals surface area (Å²) in [6.45, 7) is 22.6. The molecule has 0 spiro atoms. The second-order valence-corrected chi connectivity index (χ2v) is 25.3. The van der Waals surface area contributed by atoms with Gasteiger partial charge >= 0.3 is 5.97 Å². The van der Waals surface area contributed by atoms with Crippen molar-refractivity contribution in [3.05, 3.63) is 12.2 Å². The summed E-state index contributed by atoms with van der Waals surface area (Å²) in [4.78, 5) is 11.5. The SMILES string of the molecule is C=C(C)C(=O)OCCC[Si](C)(C)O[Si](C)(C)C[Si](C)(C)CCCCPC. The minimum absolute atomic E-state index is 0.281. The van der Waals surface area contributed by atoms with Crippen LogP contribution in [0.5, 0.6) is 0 Å². The van der Waals surface area contributed by atoms with Crippen LogP contribution >= 0.6 is 8.58 Å². The first kappa shape index (κ1) is 26.3. The molecule has 1 unspecified atom stereocenters. The maximum Gasteiger partial charge on any atom is 0.333 e. The summed E-state index contributed by atoms with van der Waals surface area (Å²) >= 11 is 0. The first-order valence-electron chi connectivity index (χ1n) is 9.98. The number of hydrogen-bond acceptors (Lipinski definition) is 3. The topological polar surface area (TPSA) is 35.5 Å². The lowest BCUT2D eigenvalue weighted by molar-refractivity contribution is -0.138. The van der Waals surface area contributed by atoms with Crippen molar-refractivity contribution in [2.45, 2.75) is 83.2 Å². The molecule has 0 amide bonds. The van der Waals surface area contributed by atoms with E-state index in [1.807, 2.05) is 0 Å². The van der Waals surface area contributed by atoms with Gasteiger partial charge in [0.05, 0.1) is 6.61 Å². The fraction of sp³-hybridized carbons (Fsp3) is 0.842. The Bertz CT molecular complexity index is 451. The lowest BCUT2D eigenvalue weighted by Gasteiger charge is -2.38. The van der Waals surface area contributed by atoms with Gasteiger partial charge in [0.15, 0.2) is 16.6 Å². The molecule has 0 radical (unpaired) electrons. The van der Waals surface area contributed by atoms with Crippen LogP contribution in [0.15, 0.2) is 12.2 Å². The molecule has 0 aromatic rings. The molecule has 154 valence electrons. The largest absolute Gasteiger partial charge is 0.462 e. The Labute approximate surface area is 167 Å². The van der Waals surface area contributed by atoms with Gasteiger partial charge in [0.2, 0.25) is 0 Å². The van der Waals surface area contributed by atoms with Crippen LogP contribution in [0.4, 0.5) is 0 Å². The molecule has 0 aliphatic rings. The summed E-state index contributed by atoms with van der Waals surface area (Å²) < 4.78 is 12.0.